The van der Waals surface area contributed by atoms with Crippen LogP contribution in [0.5, 0.6) is 0 Å². The maximum Gasteiger partial charge on any atom is 0.326 e. The van der Waals surface area contributed by atoms with Crippen molar-refractivity contribution in [2.75, 3.05) is 32.8 Å². The summed E-state index contributed by atoms with van der Waals surface area (Å²) < 4.78 is 0. The molecule has 6 nitrogen and oxygen atoms in total. The molecule has 0 radical (unpaired) electrons. The third-order valence-corrected chi connectivity index (χ3v) is 6.96. The van der Waals surface area contributed by atoms with Crippen molar-refractivity contribution < 1.29 is 9.59 Å². The van der Waals surface area contributed by atoms with Gasteiger partial charge in [-0.05, 0) is 36.8 Å². The van der Waals surface area contributed by atoms with Crippen molar-refractivity contribution in [3.63, 3.8) is 0 Å². The van der Waals surface area contributed by atoms with Crippen LogP contribution >= 0.6 is 0 Å². The van der Waals surface area contributed by atoms with Crippen LogP contribution in [0.3, 0.4) is 0 Å². The Bertz CT molecular complexity index is 744. The minimum Gasteiger partial charge on any atom is -0.323 e. The van der Waals surface area contributed by atoms with E-state index in [4.69, 9.17) is 0 Å². The van der Waals surface area contributed by atoms with Crippen LogP contribution in [-0.4, -0.2) is 65.0 Å². The Balaban J connectivity index is 1.33. The number of piperazine rings is 1. The number of nitrogens with zero attached hydrogens (tertiary/aromatic N) is 3. The van der Waals surface area contributed by atoms with E-state index < -0.39 is 5.54 Å². The van der Waals surface area contributed by atoms with Gasteiger partial charge < -0.3 is 5.32 Å². The van der Waals surface area contributed by atoms with Crippen molar-refractivity contribution in [1.82, 2.24) is 20.0 Å². The number of benzene rings is 1. The summed E-state index contributed by atoms with van der Waals surface area (Å²) in [4.78, 5) is 31.8. The fourth-order valence-corrected chi connectivity index (χ4v) is 4.94. The first-order valence-corrected chi connectivity index (χ1v) is 10.6. The fraction of sp³-hybridized carbons (Fsp3) is 0.636. The normalized spacial score (nSPS) is 29.5. The number of rotatable bonds is 4. The number of imide groups is 1. The summed E-state index contributed by atoms with van der Waals surface area (Å²) in [6.45, 7) is 9.31. The summed E-state index contributed by atoms with van der Waals surface area (Å²) in [5.41, 5.74) is 2.05. The van der Waals surface area contributed by atoms with Crippen molar-refractivity contribution in [3.05, 3.63) is 35.4 Å². The molecule has 2 atom stereocenters. The van der Waals surface area contributed by atoms with Gasteiger partial charge >= 0.3 is 6.03 Å². The van der Waals surface area contributed by atoms with Gasteiger partial charge in [0.05, 0.1) is 6.67 Å². The number of carbonyl (C=O) groups is 2. The average Bonchev–Trinajstić information content (AvgIpc) is 2.92. The van der Waals surface area contributed by atoms with Gasteiger partial charge in [-0.2, -0.15) is 0 Å². The van der Waals surface area contributed by atoms with Gasteiger partial charge in [-0.1, -0.05) is 44.0 Å². The maximum absolute atomic E-state index is 13.1. The van der Waals surface area contributed by atoms with Crippen LogP contribution in [0.15, 0.2) is 24.3 Å². The summed E-state index contributed by atoms with van der Waals surface area (Å²) >= 11 is 0. The lowest BCUT2D eigenvalue weighted by Crippen LogP contribution is -2.55. The lowest BCUT2D eigenvalue weighted by atomic mass is 9.73. The van der Waals surface area contributed by atoms with Crippen molar-refractivity contribution in [2.24, 2.45) is 5.92 Å². The summed E-state index contributed by atoms with van der Waals surface area (Å²) in [6.07, 6.45) is 3.95. The topological polar surface area (TPSA) is 55.9 Å². The molecule has 0 unspecified atom stereocenters. The summed E-state index contributed by atoms with van der Waals surface area (Å²) in [5, 5.41) is 3.06. The fourth-order valence-electron chi connectivity index (χ4n) is 4.94. The van der Waals surface area contributed by atoms with Crippen molar-refractivity contribution in [3.8, 4) is 0 Å². The van der Waals surface area contributed by atoms with Crippen LogP contribution in [0.1, 0.15) is 43.7 Å². The maximum atomic E-state index is 13.1. The van der Waals surface area contributed by atoms with Crippen LogP contribution in [0.25, 0.3) is 0 Å². The van der Waals surface area contributed by atoms with E-state index in [2.05, 4.69) is 53.2 Å². The predicted molar refractivity (Wildman–Crippen MR) is 109 cm³/mol. The van der Waals surface area contributed by atoms with Crippen LogP contribution in [-0.2, 0) is 11.3 Å². The number of aryl methyl sites for hydroxylation is 1. The number of carbonyl (C=O) groups excluding carboxylic acids is 2. The molecule has 1 aliphatic carbocycles. The smallest absolute Gasteiger partial charge is 0.323 e. The molecule has 1 N–H and O–H groups in total. The predicted octanol–water partition coefficient (Wildman–Crippen LogP) is 2.57. The van der Waals surface area contributed by atoms with Crippen molar-refractivity contribution >= 4 is 11.9 Å². The van der Waals surface area contributed by atoms with Gasteiger partial charge in [0.15, 0.2) is 0 Å². The molecule has 3 aliphatic rings. The summed E-state index contributed by atoms with van der Waals surface area (Å²) in [6, 6.07) is 8.32. The highest BCUT2D eigenvalue weighted by Gasteiger charge is 2.55. The zero-order valence-corrected chi connectivity index (χ0v) is 17.1. The van der Waals surface area contributed by atoms with E-state index in [9.17, 15) is 9.59 Å². The van der Waals surface area contributed by atoms with Crippen LogP contribution in [0, 0.1) is 12.8 Å². The number of hydrogen-bond acceptors (Lipinski definition) is 4. The molecule has 28 heavy (non-hydrogen) atoms. The quantitative estimate of drug-likeness (QED) is 0.811. The molecule has 2 heterocycles. The molecule has 4 rings (SSSR count). The van der Waals surface area contributed by atoms with Crippen LogP contribution < -0.4 is 5.32 Å². The lowest BCUT2D eigenvalue weighted by molar-refractivity contribution is -0.136. The molecule has 3 amide bonds. The Kier molecular flexibility index (Phi) is 5.43. The SMILES string of the molecule is Cc1ccccc1CN1CCN(CN2C(=O)N[C@@]3(CCCC[C@@H]3C)C2=O)CC1. The standard InChI is InChI=1S/C22H32N4O2/c1-17-7-3-4-9-19(17)15-24-11-13-25(14-12-24)16-26-20(27)22(23-21(26)28)10-6-5-8-18(22)2/h3-4,7,9,18H,5-6,8,10-16H2,1-2H3,(H,23,28)/t18-,22+/m0/s1. The molecule has 2 aliphatic heterocycles. The summed E-state index contributed by atoms with van der Waals surface area (Å²) in [5.74, 6) is 0.209. The zero-order valence-electron chi connectivity index (χ0n) is 17.1. The van der Waals surface area contributed by atoms with Crippen molar-refractivity contribution in [1.29, 1.82) is 0 Å². The Morgan fingerprint density at radius 3 is 2.50 bits per heavy atom. The second kappa shape index (κ2) is 7.84. The van der Waals surface area contributed by atoms with Gasteiger partial charge in [-0.25, -0.2) is 9.69 Å². The van der Waals surface area contributed by atoms with Gasteiger partial charge in [-0.3, -0.25) is 14.6 Å². The molecule has 6 heteroatoms. The molecular weight excluding hydrogens is 352 g/mol. The third kappa shape index (κ3) is 3.55. The van der Waals surface area contributed by atoms with E-state index >= 15 is 0 Å². The van der Waals surface area contributed by atoms with Gasteiger partial charge in [0.25, 0.3) is 5.91 Å². The van der Waals surface area contributed by atoms with E-state index in [-0.39, 0.29) is 17.9 Å². The molecule has 1 aromatic carbocycles. The Hall–Kier alpha value is -1.92. The van der Waals surface area contributed by atoms with Gasteiger partial charge in [0, 0.05) is 32.7 Å². The minimum atomic E-state index is -0.651. The first-order chi connectivity index (χ1) is 13.5. The molecule has 0 bridgehead atoms. The van der Waals surface area contributed by atoms with Gasteiger partial charge in [-0.15, -0.1) is 0 Å². The Morgan fingerprint density at radius 1 is 1.07 bits per heavy atom. The number of urea groups is 1. The van der Waals surface area contributed by atoms with E-state index in [0.717, 1.165) is 58.4 Å². The van der Waals surface area contributed by atoms with E-state index in [1.165, 1.54) is 16.0 Å². The monoisotopic (exact) mass is 384 g/mol. The first-order valence-electron chi connectivity index (χ1n) is 10.6. The highest BCUT2D eigenvalue weighted by atomic mass is 16.2. The largest absolute Gasteiger partial charge is 0.326 e. The molecular formula is C22H32N4O2. The molecule has 1 aromatic rings. The summed E-state index contributed by atoms with van der Waals surface area (Å²) in [7, 11) is 0. The van der Waals surface area contributed by atoms with Gasteiger partial charge in [0.1, 0.15) is 5.54 Å². The van der Waals surface area contributed by atoms with E-state index in [1.807, 2.05) is 0 Å². The molecule has 152 valence electrons. The number of amides is 3. The minimum absolute atomic E-state index is 0.00737. The van der Waals surface area contributed by atoms with E-state index in [0.29, 0.717) is 6.67 Å². The average molecular weight is 385 g/mol. The molecule has 1 spiro atoms. The molecule has 2 saturated heterocycles. The second-order valence-corrected chi connectivity index (χ2v) is 8.74. The third-order valence-electron chi connectivity index (χ3n) is 6.96. The zero-order chi connectivity index (χ0) is 19.7. The second-order valence-electron chi connectivity index (χ2n) is 8.74. The van der Waals surface area contributed by atoms with Crippen LogP contribution in [0.2, 0.25) is 0 Å². The molecule has 3 fully saturated rings. The lowest BCUT2D eigenvalue weighted by Gasteiger charge is -2.38. The molecule has 1 saturated carbocycles. The first kappa shape index (κ1) is 19.4. The van der Waals surface area contributed by atoms with Crippen molar-refractivity contribution in [2.45, 2.75) is 51.6 Å². The highest BCUT2D eigenvalue weighted by Crippen LogP contribution is 2.38. The Labute approximate surface area is 167 Å². The van der Waals surface area contributed by atoms with E-state index in [1.54, 1.807) is 0 Å². The Morgan fingerprint density at radius 2 is 1.79 bits per heavy atom. The molecule has 0 aromatic heterocycles. The number of nitrogens with one attached hydrogen (secondary N) is 1. The number of hydrogen-bond donors (Lipinski definition) is 1. The van der Waals surface area contributed by atoms with Crippen LogP contribution in [0.4, 0.5) is 4.79 Å². The van der Waals surface area contributed by atoms with Gasteiger partial charge in [0.2, 0.25) is 0 Å². The highest BCUT2D eigenvalue weighted by molar-refractivity contribution is 6.07.